The Morgan fingerprint density at radius 2 is 1.84 bits per heavy atom. The largest absolute Gasteiger partial charge is 0.432 e. The number of para-hydroxylation sites is 1. The Bertz CT molecular complexity index is 740. The molecule has 1 heterocycles. The Hall–Kier alpha value is -2.40. The van der Waals surface area contributed by atoms with Crippen molar-refractivity contribution >= 4 is 29.0 Å². The molecule has 2 aromatic carbocycles. The van der Waals surface area contributed by atoms with Crippen LogP contribution in [0.3, 0.4) is 0 Å². The van der Waals surface area contributed by atoms with Crippen molar-refractivity contribution in [1.82, 2.24) is 4.90 Å². The molecule has 1 aliphatic rings. The lowest BCUT2D eigenvalue weighted by Gasteiger charge is -2.31. The van der Waals surface area contributed by atoms with Crippen molar-refractivity contribution in [2.45, 2.75) is 19.8 Å². The van der Waals surface area contributed by atoms with Crippen molar-refractivity contribution in [3.8, 4) is 5.75 Å². The van der Waals surface area contributed by atoms with Gasteiger partial charge in [-0.15, -0.1) is 0 Å². The average molecular weight is 354 g/mol. The van der Waals surface area contributed by atoms with Crippen LogP contribution in [0.4, 0.5) is 5.69 Å². The smallest absolute Gasteiger partial charge is 0.264 e. The third-order valence-corrected chi connectivity index (χ3v) is 4.72. The Kier molecular flexibility index (Phi) is 5.66. The summed E-state index contributed by atoms with van der Waals surface area (Å²) in [6.07, 6.45) is 2.26. The molecule has 1 fully saturated rings. The van der Waals surface area contributed by atoms with Gasteiger partial charge in [0.25, 0.3) is 11.1 Å². The van der Waals surface area contributed by atoms with Gasteiger partial charge in [0, 0.05) is 24.3 Å². The van der Waals surface area contributed by atoms with Gasteiger partial charge in [-0.05, 0) is 61.3 Å². The molecule has 0 radical (unpaired) electrons. The van der Waals surface area contributed by atoms with Crippen molar-refractivity contribution in [1.29, 1.82) is 0 Å². The second-order valence-electron chi connectivity index (χ2n) is 6.39. The highest BCUT2D eigenvalue weighted by Gasteiger charge is 2.19. The highest BCUT2D eigenvalue weighted by molar-refractivity contribution is 7.80. The van der Waals surface area contributed by atoms with E-state index in [-0.39, 0.29) is 5.91 Å². The number of anilines is 1. The lowest BCUT2D eigenvalue weighted by atomic mass is 10.00. The van der Waals surface area contributed by atoms with E-state index in [2.05, 4.69) is 17.1 Å². The van der Waals surface area contributed by atoms with Crippen molar-refractivity contribution < 1.29 is 9.53 Å². The van der Waals surface area contributed by atoms with Gasteiger partial charge < -0.3 is 15.0 Å². The molecule has 0 aromatic heterocycles. The quantitative estimate of drug-likeness (QED) is 0.833. The molecule has 1 saturated heterocycles. The number of carbonyl (C=O) groups is 1. The zero-order valence-corrected chi connectivity index (χ0v) is 15.1. The molecule has 0 bridgehead atoms. The Balaban J connectivity index is 1.63. The van der Waals surface area contributed by atoms with Gasteiger partial charge in [-0.1, -0.05) is 31.2 Å². The van der Waals surface area contributed by atoms with Crippen molar-refractivity contribution in [3.05, 3.63) is 60.2 Å². The van der Waals surface area contributed by atoms with E-state index in [0.29, 0.717) is 16.5 Å². The van der Waals surface area contributed by atoms with Gasteiger partial charge in [-0.3, -0.25) is 4.79 Å². The number of nitrogens with zero attached hydrogens (tertiary/aromatic N) is 1. The number of piperidine rings is 1. The topological polar surface area (TPSA) is 41.6 Å². The molecule has 0 aliphatic carbocycles. The van der Waals surface area contributed by atoms with E-state index < -0.39 is 0 Å². The van der Waals surface area contributed by atoms with Gasteiger partial charge in [0.1, 0.15) is 5.75 Å². The average Bonchev–Trinajstić information content (AvgIpc) is 2.63. The summed E-state index contributed by atoms with van der Waals surface area (Å²) in [6, 6.07) is 16.5. The van der Waals surface area contributed by atoms with Gasteiger partial charge >= 0.3 is 0 Å². The summed E-state index contributed by atoms with van der Waals surface area (Å²) >= 11 is 5.41. The number of nitrogens with one attached hydrogen (secondary N) is 1. The standard InChI is InChI=1S/C20H22N2O2S/c1-15-10-12-22(13-11-15)20(25)24-18-9-5-6-16(14-18)19(23)21-17-7-3-2-4-8-17/h2-9,14-15H,10-13H2,1H3,(H,21,23). The highest BCUT2D eigenvalue weighted by atomic mass is 32.1. The minimum Gasteiger partial charge on any atom is -0.432 e. The van der Waals surface area contributed by atoms with Crippen LogP contribution in [0.2, 0.25) is 0 Å². The Morgan fingerprint density at radius 3 is 2.56 bits per heavy atom. The second kappa shape index (κ2) is 8.12. The molecule has 25 heavy (non-hydrogen) atoms. The van der Waals surface area contributed by atoms with Gasteiger partial charge in [0.05, 0.1) is 0 Å². The monoisotopic (exact) mass is 354 g/mol. The molecule has 0 atom stereocenters. The summed E-state index contributed by atoms with van der Waals surface area (Å²) in [5.74, 6) is 1.16. The molecule has 0 unspecified atom stereocenters. The highest BCUT2D eigenvalue weighted by Crippen LogP contribution is 2.20. The van der Waals surface area contributed by atoms with E-state index in [1.807, 2.05) is 36.4 Å². The van der Waals surface area contributed by atoms with E-state index in [4.69, 9.17) is 17.0 Å². The summed E-state index contributed by atoms with van der Waals surface area (Å²) in [5.41, 5.74) is 1.30. The van der Waals surface area contributed by atoms with Gasteiger partial charge in [0.2, 0.25) is 0 Å². The fourth-order valence-corrected chi connectivity index (χ4v) is 3.06. The molecule has 0 spiro atoms. The lowest BCUT2D eigenvalue weighted by molar-refractivity contribution is 0.102. The van der Waals surface area contributed by atoms with E-state index in [1.165, 1.54) is 0 Å². The van der Waals surface area contributed by atoms with E-state index in [1.54, 1.807) is 18.2 Å². The molecule has 1 amide bonds. The number of carbonyl (C=O) groups excluding carboxylic acids is 1. The van der Waals surface area contributed by atoms with Crippen LogP contribution in [0.25, 0.3) is 0 Å². The van der Waals surface area contributed by atoms with Crippen molar-refractivity contribution in [2.24, 2.45) is 5.92 Å². The minimum absolute atomic E-state index is 0.172. The maximum atomic E-state index is 12.4. The van der Waals surface area contributed by atoms with Crippen LogP contribution in [-0.4, -0.2) is 29.1 Å². The summed E-state index contributed by atoms with van der Waals surface area (Å²) in [5, 5.41) is 3.35. The maximum Gasteiger partial charge on any atom is 0.264 e. The Morgan fingerprint density at radius 1 is 1.12 bits per heavy atom. The van der Waals surface area contributed by atoms with Crippen LogP contribution in [0.15, 0.2) is 54.6 Å². The van der Waals surface area contributed by atoms with Crippen molar-refractivity contribution in [2.75, 3.05) is 18.4 Å². The normalized spacial score (nSPS) is 14.8. The molecule has 3 rings (SSSR count). The van der Waals surface area contributed by atoms with Gasteiger partial charge in [-0.25, -0.2) is 0 Å². The van der Waals surface area contributed by atoms with Crippen LogP contribution in [-0.2, 0) is 0 Å². The van der Waals surface area contributed by atoms with E-state index in [9.17, 15) is 4.79 Å². The van der Waals surface area contributed by atoms with Crippen LogP contribution < -0.4 is 10.1 Å². The fraction of sp³-hybridized carbons (Fsp3) is 0.300. The fourth-order valence-electron chi connectivity index (χ4n) is 2.78. The lowest BCUT2D eigenvalue weighted by Crippen LogP contribution is -2.39. The van der Waals surface area contributed by atoms with E-state index >= 15 is 0 Å². The first-order chi connectivity index (χ1) is 12.1. The molecular formula is C20H22N2O2S. The molecule has 130 valence electrons. The zero-order chi connectivity index (χ0) is 17.6. The number of rotatable bonds is 3. The van der Waals surface area contributed by atoms with Gasteiger partial charge in [-0.2, -0.15) is 0 Å². The summed E-state index contributed by atoms with van der Waals surface area (Å²) < 4.78 is 5.81. The van der Waals surface area contributed by atoms with Gasteiger partial charge in [0.15, 0.2) is 0 Å². The molecule has 1 N–H and O–H groups in total. The van der Waals surface area contributed by atoms with Crippen LogP contribution in [0.1, 0.15) is 30.1 Å². The first-order valence-corrected chi connectivity index (χ1v) is 8.96. The summed E-state index contributed by atoms with van der Waals surface area (Å²) in [7, 11) is 0. The number of amides is 1. The number of likely N-dealkylation sites (tertiary alicyclic amines) is 1. The molecule has 1 aliphatic heterocycles. The van der Waals surface area contributed by atoms with Crippen molar-refractivity contribution in [3.63, 3.8) is 0 Å². The zero-order valence-electron chi connectivity index (χ0n) is 14.3. The third-order valence-electron chi connectivity index (χ3n) is 4.37. The predicted molar refractivity (Wildman–Crippen MR) is 104 cm³/mol. The predicted octanol–water partition coefficient (Wildman–Crippen LogP) is 4.33. The SMILES string of the molecule is CC1CCN(C(=S)Oc2cccc(C(=O)Nc3ccccc3)c2)CC1. The molecule has 2 aromatic rings. The molecule has 5 heteroatoms. The van der Waals surface area contributed by atoms with Crippen LogP contribution in [0, 0.1) is 5.92 Å². The molecule has 4 nitrogen and oxygen atoms in total. The van der Waals surface area contributed by atoms with E-state index in [0.717, 1.165) is 37.5 Å². The Labute approximate surface area is 153 Å². The number of benzene rings is 2. The first kappa shape index (κ1) is 17.4. The minimum atomic E-state index is -0.172. The third kappa shape index (κ3) is 4.79. The number of hydrogen-bond acceptors (Lipinski definition) is 3. The second-order valence-corrected chi connectivity index (χ2v) is 6.73. The van der Waals surface area contributed by atoms with Crippen LogP contribution >= 0.6 is 12.2 Å². The number of ether oxygens (including phenoxy) is 1. The molecular weight excluding hydrogens is 332 g/mol. The number of hydrogen-bond donors (Lipinski definition) is 1. The number of thiocarbonyl (C=S) groups is 1. The summed E-state index contributed by atoms with van der Waals surface area (Å²) in [4.78, 5) is 14.5. The molecule has 0 saturated carbocycles. The first-order valence-electron chi connectivity index (χ1n) is 8.55. The summed E-state index contributed by atoms with van der Waals surface area (Å²) in [6.45, 7) is 4.11. The maximum absolute atomic E-state index is 12.4. The van der Waals surface area contributed by atoms with Crippen LogP contribution in [0.5, 0.6) is 5.75 Å².